The summed E-state index contributed by atoms with van der Waals surface area (Å²) in [7, 11) is -1.42. The molecule has 0 amide bonds. The molecule has 0 unspecified atom stereocenters. The van der Waals surface area contributed by atoms with Gasteiger partial charge in [-0.15, -0.1) is 0 Å². The third-order valence-corrected chi connectivity index (χ3v) is 8.42. The van der Waals surface area contributed by atoms with Crippen LogP contribution in [0.15, 0.2) is 109 Å². The topological polar surface area (TPSA) is 192 Å². The van der Waals surface area contributed by atoms with Crippen molar-refractivity contribution >= 4 is 45.5 Å². The van der Waals surface area contributed by atoms with E-state index in [1.165, 1.54) is 0 Å². The van der Waals surface area contributed by atoms with E-state index in [0.717, 1.165) is 56.8 Å². The van der Waals surface area contributed by atoms with Crippen molar-refractivity contribution in [2.75, 3.05) is 20.8 Å². The van der Waals surface area contributed by atoms with Crippen molar-refractivity contribution in [1.29, 1.82) is 0 Å². The third kappa shape index (κ3) is 14.1. The maximum Gasteiger partial charge on any atom is 0.394 e. The summed E-state index contributed by atoms with van der Waals surface area (Å²) in [5.41, 5.74) is 7.07. The minimum absolute atomic E-state index is 0.0414. The van der Waals surface area contributed by atoms with Crippen LogP contribution in [0.2, 0.25) is 10.0 Å². The molecule has 0 atom stereocenters. The van der Waals surface area contributed by atoms with E-state index < -0.39 is 16.4 Å². The number of carbonyl (C=O) groups is 2. The van der Waals surface area contributed by atoms with Gasteiger partial charge in [-0.2, -0.15) is 18.6 Å². The van der Waals surface area contributed by atoms with Crippen molar-refractivity contribution in [3.8, 4) is 45.4 Å². The molecule has 4 aromatic carbocycles. The van der Waals surface area contributed by atoms with Crippen molar-refractivity contribution in [3.05, 3.63) is 131 Å². The first-order valence-corrected chi connectivity index (χ1v) is 19.4. The van der Waals surface area contributed by atoms with Crippen molar-refractivity contribution in [3.63, 3.8) is 0 Å². The van der Waals surface area contributed by atoms with Crippen LogP contribution in [0.1, 0.15) is 31.2 Å². The Labute approximate surface area is 339 Å². The molecule has 6 aromatic rings. The zero-order chi connectivity index (χ0) is 41.5. The van der Waals surface area contributed by atoms with Crippen LogP contribution in [0.3, 0.4) is 0 Å². The number of aromatic nitrogens is 4. The van der Waals surface area contributed by atoms with Gasteiger partial charge >= 0.3 is 22.3 Å². The highest BCUT2D eigenvalue weighted by Gasteiger charge is 2.15. The molecular formula is C40H40Cl2N4O10S. The summed E-state index contributed by atoms with van der Waals surface area (Å²) in [6, 6.07) is 34.2. The molecule has 0 aliphatic heterocycles. The summed E-state index contributed by atoms with van der Waals surface area (Å²) in [5.74, 6) is 0.480. The largest absolute Gasteiger partial charge is 0.497 e. The number of benzene rings is 4. The lowest BCUT2D eigenvalue weighted by atomic mass is 10.1. The number of hydrogen-bond donors (Lipinski definition) is 3. The Balaban J connectivity index is 0.000000226. The molecule has 0 aliphatic carbocycles. The van der Waals surface area contributed by atoms with E-state index in [4.69, 9.17) is 65.1 Å². The van der Waals surface area contributed by atoms with Gasteiger partial charge in [-0.25, -0.2) is 9.36 Å². The third-order valence-electron chi connectivity index (χ3n) is 7.92. The van der Waals surface area contributed by atoms with E-state index in [2.05, 4.69) is 5.10 Å². The second kappa shape index (κ2) is 21.0. The van der Waals surface area contributed by atoms with Crippen LogP contribution in [0, 0.1) is 0 Å². The molecule has 6 rings (SSSR count). The number of carboxylic acid groups (broad SMARTS) is 1. The van der Waals surface area contributed by atoms with Crippen LogP contribution < -0.4 is 9.47 Å². The fourth-order valence-corrected chi connectivity index (χ4v) is 5.55. The Kier molecular flexibility index (Phi) is 16.2. The molecule has 57 heavy (non-hydrogen) atoms. The standard InChI is InChI=1S/C21H21ClN2O3.C19H17ClN2O3.H2O4S/c1-3-27-21(25)13-8-17-14-20(15-4-6-16(22)7-5-15)24(23-17)18-9-11-19(26-2)12-10-18;1-25-17-9-7-16(8-10-17)22-18(13-2-4-14(20)5-3-13)12-15(21-22)6-11-19(23)24;1-5(2,3)4/h4-7,9-12,14H,3,8,13H2,1-2H3;2-5,7-10,12H,6,11H2,1H3,(H,23,24);(H2,1,2,3,4). The summed E-state index contributed by atoms with van der Waals surface area (Å²) in [6.45, 7) is 2.18. The van der Waals surface area contributed by atoms with E-state index in [0.29, 0.717) is 35.9 Å². The smallest absolute Gasteiger partial charge is 0.394 e. The highest BCUT2D eigenvalue weighted by Crippen LogP contribution is 2.28. The average Bonchev–Trinajstić information content (AvgIpc) is 3.82. The van der Waals surface area contributed by atoms with Crippen LogP contribution in [0.4, 0.5) is 0 Å². The first-order chi connectivity index (χ1) is 27.2. The molecule has 3 N–H and O–H groups in total. The number of aryl methyl sites for hydroxylation is 2. The zero-order valence-electron chi connectivity index (χ0n) is 31.1. The SMILES string of the molecule is CCOC(=O)CCc1cc(-c2ccc(Cl)cc2)n(-c2ccc(OC)cc2)n1.COc1ccc(-n2nc(CCC(=O)O)cc2-c2ccc(Cl)cc2)cc1.O=S(=O)(O)O. The van der Waals surface area contributed by atoms with E-state index in [1.807, 2.05) is 114 Å². The molecular weight excluding hydrogens is 799 g/mol. The molecule has 300 valence electrons. The zero-order valence-corrected chi connectivity index (χ0v) is 33.4. The fourth-order valence-electron chi connectivity index (χ4n) is 5.30. The number of halogens is 2. The van der Waals surface area contributed by atoms with E-state index in [1.54, 1.807) is 25.8 Å². The Bertz CT molecular complexity index is 2320. The number of methoxy groups -OCH3 is 2. The van der Waals surface area contributed by atoms with E-state index in [9.17, 15) is 9.59 Å². The van der Waals surface area contributed by atoms with Gasteiger partial charge in [-0.05, 0) is 91.9 Å². The molecule has 0 saturated carbocycles. The number of hydrogen-bond acceptors (Lipinski definition) is 9. The summed E-state index contributed by atoms with van der Waals surface area (Å²) < 4.78 is 50.7. The summed E-state index contributed by atoms with van der Waals surface area (Å²) >= 11 is 12.0. The van der Waals surface area contributed by atoms with Crippen molar-refractivity contribution in [2.24, 2.45) is 0 Å². The number of esters is 1. The van der Waals surface area contributed by atoms with Gasteiger partial charge in [-0.1, -0.05) is 47.5 Å². The molecule has 2 heterocycles. The van der Waals surface area contributed by atoms with Gasteiger partial charge in [0.05, 0.1) is 67.8 Å². The lowest BCUT2D eigenvalue weighted by Crippen LogP contribution is -2.06. The lowest BCUT2D eigenvalue weighted by Gasteiger charge is -2.08. The molecule has 17 heteroatoms. The fraction of sp³-hybridized carbons (Fsp3) is 0.200. The Morgan fingerprint density at radius 1 is 0.649 bits per heavy atom. The van der Waals surface area contributed by atoms with Gasteiger partial charge < -0.3 is 19.3 Å². The van der Waals surface area contributed by atoms with Crippen LogP contribution in [0.25, 0.3) is 33.9 Å². The second-order valence-corrected chi connectivity index (χ2v) is 13.7. The molecule has 0 bridgehead atoms. The van der Waals surface area contributed by atoms with Crippen LogP contribution in [0.5, 0.6) is 11.5 Å². The van der Waals surface area contributed by atoms with E-state index in [-0.39, 0.29) is 12.4 Å². The quantitative estimate of drug-likeness (QED) is 0.0746. The second-order valence-electron chi connectivity index (χ2n) is 11.9. The number of nitrogens with zero attached hydrogens (tertiary/aromatic N) is 4. The van der Waals surface area contributed by atoms with Gasteiger partial charge in [0.1, 0.15) is 11.5 Å². The minimum atomic E-state index is -4.67. The maximum absolute atomic E-state index is 11.7. The van der Waals surface area contributed by atoms with Gasteiger partial charge in [0, 0.05) is 34.0 Å². The summed E-state index contributed by atoms with van der Waals surface area (Å²) in [6.07, 6.45) is 1.23. The lowest BCUT2D eigenvalue weighted by molar-refractivity contribution is -0.143. The predicted octanol–water partition coefficient (Wildman–Crippen LogP) is 8.26. The van der Waals surface area contributed by atoms with Crippen LogP contribution in [-0.2, 0) is 37.6 Å². The Morgan fingerprint density at radius 2 is 1.02 bits per heavy atom. The molecule has 0 fully saturated rings. The Morgan fingerprint density at radius 3 is 1.35 bits per heavy atom. The number of carbonyl (C=O) groups excluding carboxylic acids is 1. The van der Waals surface area contributed by atoms with Crippen molar-refractivity contribution < 1.29 is 46.4 Å². The molecule has 0 spiro atoms. The Hall–Kier alpha value is -5.71. The van der Waals surface area contributed by atoms with Crippen molar-refractivity contribution in [2.45, 2.75) is 32.6 Å². The molecule has 2 aromatic heterocycles. The first kappa shape index (κ1) is 44.0. The average molecular weight is 840 g/mol. The molecule has 0 saturated heterocycles. The van der Waals surface area contributed by atoms with Gasteiger partial charge in [-0.3, -0.25) is 18.7 Å². The van der Waals surface area contributed by atoms with Crippen LogP contribution >= 0.6 is 23.2 Å². The number of rotatable bonds is 13. The van der Waals surface area contributed by atoms with Gasteiger partial charge in [0.25, 0.3) is 0 Å². The predicted molar refractivity (Wildman–Crippen MR) is 216 cm³/mol. The van der Waals surface area contributed by atoms with Gasteiger partial charge in [0.2, 0.25) is 0 Å². The molecule has 0 radical (unpaired) electrons. The van der Waals surface area contributed by atoms with Gasteiger partial charge in [0.15, 0.2) is 0 Å². The monoisotopic (exact) mass is 838 g/mol. The first-order valence-electron chi connectivity index (χ1n) is 17.2. The highest BCUT2D eigenvalue weighted by atomic mass is 35.5. The minimum Gasteiger partial charge on any atom is -0.497 e. The van der Waals surface area contributed by atoms with Crippen molar-refractivity contribution in [1.82, 2.24) is 19.6 Å². The van der Waals surface area contributed by atoms with E-state index >= 15 is 0 Å². The number of carboxylic acids is 1. The highest BCUT2D eigenvalue weighted by molar-refractivity contribution is 7.79. The number of ether oxygens (including phenoxy) is 3. The molecule has 14 nitrogen and oxygen atoms in total. The summed E-state index contributed by atoms with van der Waals surface area (Å²) in [5, 5.41) is 19.5. The normalized spacial score (nSPS) is 10.7. The summed E-state index contributed by atoms with van der Waals surface area (Å²) in [4.78, 5) is 22.5. The number of aliphatic carboxylic acids is 1. The molecule has 0 aliphatic rings. The van der Waals surface area contributed by atoms with Crippen LogP contribution in [-0.4, -0.2) is 75.0 Å². The maximum atomic E-state index is 11.7.